The van der Waals surface area contributed by atoms with Gasteiger partial charge < -0.3 is 0 Å². The first-order valence-electron chi connectivity index (χ1n) is 7.19. The van der Waals surface area contributed by atoms with Crippen molar-refractivity contribution in [2.24, 2.45) is 5.92 Å². The lowest BCUT2D eigenvalue weighted by Crippen LogP contribution is -2.30. The quantitative estimate of drug-likeness (QED) is 0.718. The van der Waals surface area contributed by atoms with Gasteiger partial charge in [0.05, 0.1) is 11.7 Å². The highest BCUT2D eigenvalue weighted by atomic mass is 15.3. The molecule has 0 aromatic carbocycles. The van der Waals surface area contributed by atoms with Crippen molar-refractivity contribution in [3.8, 4) is 0 Å². The number of hydrogen-bond donors (Lipinski definition) is 0. The average molecular weight is 248 g/mol. The number of nitrogens with zero attached hydrogens (tertiary/aromatic N) is 2. The van der Waals surface area contributed by atoms with Gasteiger partial charge in [0.25, 0.3) is 0 Å². The SMILES string of the molecule is CC1CC(n2nc(C(C)(C)C)cc2C(C)(C)C)C1. The van der Waals surface area contributed by atoms with Gasteiger partial charge in [-0.3, -0.25) is 4.68 Å². The van der Waals surface area contributed by atoms with Gasteiger partial charge in [-0.1, -0.05) is 48.5 Å². The molecule has 1 aromatic heterocycles. The summed E-state index contributed by atoms with van der Waals surface area (Å²) in [6.45, 7) is 15.9. The molecule has 2 rings (SSSR count). The molecule has 0 unspecified atom stereocenters. The molecule has 1 saturated carbocycles. The van der Waals surface area contributed by atoms with E-state index >= 15 is 0 Å². The Kier molecular flexibility index (Phi) is 3.11. The molecule has 1 heterocycles. The van der Waals surface area contributed by atoms with Crippen molar-refractivity contribution in [1.29, 1.82) is 0 Å². The maximum absolute atomic E-state index is 4.92. The molecule has 0 radical (unpaired) electrons. The average Bonchev–Trinajstić information content (AvgIpc) is 2.55. The zero-order chi connectivity index (χ0) is 13.7. The van der Waals surface area contributed by atoms with E-state index in [-0.39, 0.29) is 10.8 Å². The van der Waals surface area contributed by atoms with Crippen molar-refractivity contribution in [2.75, 3.05) is 0 Å². The van der Waals surface area contributed by atoms with Crippen LogP contribution in [0.5, 0.6) is 0 Å². The third-order valence-electron chi connectivity index (χ3n) is 3.97. The van der Waals surface area contributed by atoms with Gasteiger partial charge in [0.1, 0.15) is 0 Å². The zero-order valence-corrected chi connectivity index (χ0v) is 13.0. The van der Waals surface area contributed by atoms with Gasteiger partial charge in [-0.05, 0) is 24.8 Å². The second kappa shape index (κ2) is 4.11. The summed E-state index contributed by atoms with van der Waals surface area (Å²) in [4.78, 5) is 0. The van der Waals surface area contributed by atoms with E-state index in [1.54, 1.807) is 0 Å². The van der Waals surface area contributed by atoms with Crippen molar-refractivity contribution < 1.29 is 0 Å². The number of hydrogen-bond acceptors (Lipinski definition) is 1. The van der Waals surface area contributed by atoms with Gasteiger partial charge in [-0.2, -0.15) is 5.10 Å². The smallest absolute Gasteiger partial charge is 0.0681 e. The molecule has 102 valence electrons. The van der Waals surface area contributed by atoms with Crippen molar-refractivity contribution in [3.05, 3.63) is 17.5 Å². The molecule has 0 saturated heterocycles. The highest BCUT2D eigenvalue weighted by molar-refractivity contribution is 5.23. The van der Waals surface area contributed by atoms with Crippen molar-refractivity contribution in [1.82, 2.24) is 9.78 Å². The van der Waals surface area contributed by atoms with Crippen LogP contribution in [0.1, 0.15) is 78.7 Å². The predicted octanol–water partition coefficient (Wildman–Crippen LogP) is 4.45. The predicted molar refractivity (Wildman–Crippen MR) is 77.1 cm³/mol. The molecule has 2 heteroatoms. The van der Waals surface area contributed by atoms with Gasteiger partial charge in [0.15, 0.2) is 0 Å². The summed E-state index contributed by atoms with van der Waals surface area (Å²) < 4.78 is 2.32. The minimum Gasteiger partial charge on any atom is -0.266 e. The van der Waals surface area contributed by atoms with Crippen LogP contribution in [0.3, 0.4) is 0 Å². The fraction of sp³-hybridized carbons (Fsp3) is 0.812. The van der Waals surface area contributed by atoms with E-state index in [0.717, 1.165) is 5.92 Å². The van der Waals surface area contributed by atoms with Crippen LogP contribution in [0.2, 0.25) is 0 Å². The molecule has 1 aliphatic carbocycles. The molecule has 0 aliphatic heterocycles. The molecule has 18 heavy (non-hydrogen) atoms. The Bertz CT molecular complexity index is 423. The van der Waals surface area contributed by atoms with Crippen LogP contribution in [-0.2, 0) is 10.8 Å². The Morgan fingerprint density at radius 2 is 1.61 bits per heavy atom. The highest BCUT2D eigenvalue weighted by Gasteiger charge is 2.33. The second-order valence-corrected chi connectivity index (χ2v) is 8.09. The van der Waals surface area contributed by atoms with Crippen LogP contribution in [0.4, 0.5) is 0 Å². The largest absolute Gasteiger partial charge is 0.266 e. The van der Waals surface area contributed by atoms with Crippen LogP contribution >= 0.6 is 0 Å². The first-order valence-corrected chi connectivity index (χ1v) is 7.19. The second-order valence-electron chi connectivity index (χ2n) is 8.09. The summed E-state index contributed by atoms with van der Waals surface area (Å²) in [6, 6.07) is 2.95. The summed E-state index contributed by atoms with van der Waals surface area (Å²) in [5.41, 5.74) is 2.94. The standard InChI is InChI=1S/C16H28N2/c1-11-8-12(9-11)18-14(16(5,6)7)10-13(17-18)15(2,3)4/h10-12H,8-9H2,1-7H3. The zero-order valence-electron chi connectivity index (χ0n) is 13.0. The topological polar surface area (TPSA) is 17.8 Å². The van der Waals surface area contributed by atoms with E-state index in [1.165, 1.54) is 24.2 Å². The lowest BCUT2D eigenvalue weighted by atomic mass is 9.81. The van der Waals surface area contributed by atoms with Crippen LogP contribution in [0.15, 0.2) is 6.07 Å². The van der Waals surface area contributed by atoms with E-state index in [1.807, 2.05) is 0 Å². The van der Waals surface area contributed by atoms with Gasteiger partial charge in [-0.15, -0.1) is 0 Å². The normalized spacial score (nSPS) is 25.1. The minimum absolute atomic E-state index is 0.139. The maximum Gasteiger partial charge on any atom is 0.0681 e. The number of rotatable bonds is 1. The molecule has 0 amide bonds. The van der Waals surface area contributed by atoms with Gasteiger partial charge in [-0.25, -0.2) is 0 Å². The molecule has 0 bridgehead atoms. The Balaban J connectivity index is 2.40. The summed E-state index contributed by atoms with van der Waals surface area (Å²) in [7, 11) is 0. The van der Waals surface area contributed by atoms with Crippen LogP contribution < -0.4 is 0 Å². The molecule has 1 fully saturated rings. The fourth-order valence-corrected chi connectivity index (χ4v) is 2.66. The van der Waals surface area contributed by atoms with Crippen molar-refractivity contribution in [3.63, 3.8) is 0 Å². The summed E-state index contributed by atoms with van der Waals surface area (Å²) in [5, 5.41) is 4.92. The van der Waals surface area contributed by atoms with Gasteiger partial charge >= 0.3 is 0 Å². The summed E-state index contributed by atoms with van der Waals surface area (Å²) in [6.07, 6.45) is 2.57. The lowest BCUT2D eigenvalue weighted by Gasteiger charge is -2.36. The highest BCUT2D eigenvalue weighted by Crippen LogP contribution is 2.40. The molecular weight excluding hydrogens is 220 g/mol. The third-order valence-corrected chi connectivity index (χ3v) is 3.97. The van der Waals surface area contributed by atoms with E-state index in [9.17, 15) is 0 Å². The monoisotopic (exact) mass is 248 g/mol. The lowest BCUT2D eigenvalue weighted by molar-refractivity contribution is 0.189. The van der Waals surface area contributed by atoms with Gasteiger partial charge in [0, 0.05) is 16.5 Å². The van der Waals surface area contributed by atoms with Gasteiger partial charge in [0.2, 0.25) is 0 Å². The van der Waals surface area contributed by atoms with Crippen molar-refractivity contribution in [2.45, 2.75) is 78.2 Å². The van der Waals surface area contributed by atoms with E-state index in [2.05, 4.69) is 59.2 Å². The Labute approximate surface area is 112 Å². The Morgan fingerprint density at radius 1 is 1.06 bits per heavy atom. The van der Waals surface area contributed by atoms with E-state index in [4.69, 9.17) is 5.10 Å². The van der Waals surface area contributed by atoms with E-state index < -0.39 is 0 Å². The maximum atomic E-state index is 4.92. The summed E-state index contributed by atoms with van der Waals surface area (Å²) >= 11 is 0. The molecular formula is C16H28N2. The fourth-order valence-electron chi connectivity index (χ4n) is 2.66. The Hall–Kier alpha value is -0.790. The van der Waals surface area contributed by atoms with Crippen molar-refractivity contribution >= 4 is 0 Å². The first-order chi connectivity index (χ1) is 8.09. The number of aromatic nitrogens is 2. The van der Waals surface area contributed by atoms with E-state index in [0.29, 0.717) is 6.04 Å². The molecule has 2 nitrogen and oxygen atoms in total. The van der Waals surface area contributed by atoms with Crippen LogP contribution in [-0.4, -0.2) is 9.78 Å². The molecule has 0 spiro atoms. The first kappa shape index (κ1) is 13.6. The third kappa shape index (κ3) is 2.48. The van der Waals surface area contributed by atoms with Crippen LogP contribution in [0.25, 0.3) is 0 Å². The van der Waals surface area contributed by atoms with Crippen LogP contribution in [0, 0.1) is 5.92 Å². The molecule has 1 aliphatic rings. The molecule has 1 aromatic rings. The summed E-state index contributed by atoms with van der Waals surface area (Å²) in [5.74, 6) is 0.866. The molecule has 0 atom stereocenters. The Morgan fingerprint density at radius 3 is 2.00 bits per heavy atom. The molecule has 0 N–H and O–H groups in total. The minimum atomic E-state index is 0.139.